The van der Waals surface area contributed by atoms with Crippen LogP contribution >= 0.6 is 0 Å². The third-order valence-electron chi connectivity index (χ3n) is 3.46. The molecule has 0 radical (unpaired) electrons. The molecule has 1 rings (SSSR count). The van der Waals surface area contributed by atoms with E-state index in [-0.39, 0.29) is 11.9 Å². The van der Waals surface area contributed by atoms with Gasteiger partial charge in [0, 0.05) is 24.8 Å². The van der Waals surface area contributed by atoms with Crippen molar-refractivity contribution in [3.63, 3.8) is 0 Å². The summed E-state index contributed by atoms with van der Waals surface area (Å²) in [6, 6.07) is 6.84. The van der Waals surface area contributed by atoms with E-state index in [2.05, 4.69) is 29.8 Å². The zero-order valence-corrected chi connectivity index (χ0v) is 14.4. The van der Waals surface area contributed by atoms with E-state index < -0.39 is 0 Å². The van der Waals surface area contributed by atoms with Crippen molar-refractivity contribution in [2.24, 2.45) is 5.92 Å². The largest absolute Gasteiger partial charge is 0.338 e. The molecule has 0 bridgehead atoms. The van der Waals surface area contributed by atoms with Crippen LogP contribution in [-0.2, 0) is 4.79 Å². The molecule has 0 spiro atoms. The zero-order chi connectivity index (χ0) is 17.1. The van der Waals surface area contributed by atoms with E-state index in [0.29, 0.717) is 17.9 Å². The lowest BCUT2D eigenvalue weighted by molar-refractivity contribution is -0.114. The van der Waals surface area contributed by atoms with Gasteiger partial charge in [0.15, 0.2) is 0 Å². The molecule has 0 unspecified atom stereocenters. The van der Waals surface area contributed by atoms with Crippen LogP contribution in [0.4, 0.5) is 16.2 Å². The molecule has 1 aromatic rings. The number of anilines is 2. The highest BCUT2D eigenvalue weighted by molar-refractivity contribution is 5.91. The Balaban J connectivity index is 2.15. The minimum Gasteiger partial charge on any atom is -0.338 e. The fraction of sp³-hybridized carbons (Fsp3) is 0.556. The molecule has 3 N–H and O–H groups in total. The molecule has 5 heteroatoms. The monoisotopic (exact) mass is 319 g/mol. The first kappa shape index (κ1) is 19.0. The number of unbranched alkanes of at least 4 members (excludes halogenated alkanes) is 3. The molecule has 3 amide bonds. The number of hydrogen-bond donors (Lipinski definition) is 3. The quantitative estimate of drug-likeness (QED) is 0.591. The molecule has 0 aromatic heterocycles. The van der Waals surface area contributed by atoms with E-state index in [1.165, 1.54) is 26.2 Å². The number of urea groups is 1. The molecular weight excluding hydrogens is 290 g/mol. The molecule has 0 fully saturated rings. The highest BCUT2D eigenvalue weighted by atomic mass is 16.2. The van der Waals surface area contributed by atoms with E-state index >= 15 is 0 Å². The summed E-state index contributed by atoms with van der Waals surface area (Å²) in [4.78, 5) is 22.7. The minimum absolute atomic E-state index is 0.114. The average Bonchev–Trinajstić information content (AvgIpc) is 2.47. The first-order valence-corrected chi connectivity index (χ1v) is 8.40. The van der Waals surface area contributed by atoms with Gasteiger partial charge in [-0.3, -0.25) is 4.79 Å². The normalized spacial score (nSPS) is 10.4. The summed E-state index contributed by atoms with van der Waals surface area (Å²) in [5, 5.41) is 8.32. The van der Waals surface area contributed by atoms with E-state index in [1.807, 2.05) is 0 Å². The number of rotatable bonds is 9. The Morgan fingerprint density at radius 2 is 1.48 bits per heavy atom. The van der Waals surface area contributed by atoms with Crippen LogP contribution in [0.5, 0.6) is 0 Å². The molecule has 0 atom stereocenters. The molecular formula is C18H29N3O2. The standard InChI is InChI=1S/C18H29N3O2/c1-14(2)8-6-4-5-7-13-19-18(23)21-17-11-9-16(10-12-17)20-15(3)22/h9-12,14H,4-8,13H2,1-3H3,(H,20,22)(H2,19,21,23). The topological polar surface area (TPSA) is 70.2 Å². The molecule has 0 saturated carbocycles. The molecule has 0 aliphatic rings. The Kier molecular flexibility index (Phi) is 8.80. The molecule has 1 aromatic carbocycles. The molecule has 128 valence electrons. The SMILES string of the molecule is CC(=O)Nc1ccc(NC(=O)NCCCCCCC(C)C)cc1. The second-order valence-electron chi connectivity index (χ2n) is 6.24. The van der Waals surface area contributed by atoms with E-state index in [1.54, 1.807) is 24.3 Å². The maximum Gasteiger partial charge on any atom is 0.319 e. The Morgan fingerprint density at radius 1 is 0.913 bits per heavy atom. The van der Waals surface area contributed by atoms with Gasteiger partial charge in [0.2, 0.25) is 5.91 Å². The van der Waals surface area contributed by atoms with Gasteiger partial charge in [-0.2, -0.15) is 0 Å². The Hall–Kier alpha value is -2.04. The van der Waals surface area contributed by atoms with Crippen molar-refractivity contribution in [2.75, 3.05) is 17.2 Å². The van der Waals surface area contributed by atoms with Crippen LogP contribution in [0.3, 0.4) is 0 Å². The second-order valence-corrected chi connectivity index (χ2v) is 6.24. The van der Waals surface area contributed by atoms with Crippen molar-refractivity contribution in [2.45, 2.75) is 52.9 Å². The van der Waals surface area contributed by atoms with Crippen LogP contribution in [0.15, 0.2) is 24.3 Å². The highest BCUT2D eigenvalue weighted by Gasteiger charge is 2.02. The zero-order valence-electron chi connectivity index (χ0n) is 14.4. The third kappa shape index (κ3) is 9.55. The first-order valence-electron chi connectivity index (χ1n) is 8.40. The van der Waals surface area contributed by atoms with Crippen LogP contribution in [0.25, 0.3) is 0 Å². The summed E-state index contributed by atoms with van der Waals surface area (Å²) in [6.45, 7) is 6.64. The Labute approximate surface area is 139 Å². The lowest BCUT2D eigenvalue weighted by Gasteiger charge is -2.09. The van der Waals surface area contributed by atoms with Crippen LogP contribution in [0, 0.1) is 5.92 Å². The number of carbonyl (C=O) groups is 2. The summed E-state index contributed by atoms with van der Waals surface area (Å²) in [7, 11) is 0. The number of amides is 3. The summed E-state index contributed by atoms with van der Waals surface area (Å²) in [5.74, 6) is 0.660. The van der Waals surface area contributed by atoms with Gasteiger partial charge in [-0.25, -0.2) is 4.79 Å². The van der Waals surface area contributed by atoms with Crippen LogP contribution in [0.2, 0.25) is 0 Å². The number of hydrogen-bond acceptors (Lipinski definition) is 2. The number of benzene rings is 1. The maximum atomic E-state index is 11.8. The van der Waals surface area contributed by atoms with Gasteiger partial charge in [0.1, 0.15) is 0 Å². The van der Waals surface area contributed by atoms with E-state index in [9.17, 15) is 9.59 Å². The molecule has 0 aliphatic carbocycles. The van der Waals surface area contributed by atoms with Crippen molar-refractivity contribution in [3.8, 4) is 0 Å². The maximum absolute atomic E-state index is 11.8. The van der Waals surface area contributed by atoms with Crippen molar-refractivity contribution < 1.29 is 9.59 Å². The van der Waals surface area contributed by atoms with Gasteiger partial charge in [-0.1, -0.05) is 39.5 Å². The van der Waals surface area contributed by atoms with Crippen LogP contribution in [0.1, 0.15) is 52.9 Å². The minimum atomic E-state index is -0.195. The van der Waals surface area contributed by atoms with Crippen molar-refractivity contribution in [1.29, 1.82) is 0 Å². The number of carbonyl (C=O) groups excluding carboxylic acids is 2. The van der Waals surface area contributed by atoms with Crippen molar-refractivity contribution in [3.05, 3.63) is 24.3 Å². The molecule has 0 saturated heterocycles. The van der Waals surface area contributed by atoms with E-state index in [0.717, 1.165) is 18.8 Å². The lowest BCUT2D eigenvalue weighted by atomic mass is 10.0. The predicted molar refractivity (Wildman–Crippen MR) is 95.7 cm³/mol. The molecule has 5 nitrogen and oxygen atoms in total. The highest BCUT2D eigenvalue weighted by Crippen LogP contribution is 2.13. The smallest absolute Gasteiger partial charge is 0.319 e. The van der Waals surface area contributed by atoms with Gasteiger partial charge in [0.25, 0.3) is 0 Å². The molecule has 23 heavy (non-hydrogen) atoms. The summed E-state index contributed by atoms with van der Waals surface area (Å²) in [5.41, 5.74) is 1.42. The van der Waals surface area contributed by atoms with Crippen LogP contribution < -0.4 is 16.0 Å². The van der Waals surface area contributed by atoms with Gasteiger partial charge in [-0.05, 0) is 36.6 Å². The summed E-state index contributed by atoms with van der Waals surface area (Å²) >= 11 is 0. The summed E-state index contributed by atoms with van der Waals surface area (Å²) in [6.07, 6.45) is 5.93. The van der Waals surface area contributed by atoms with Crippen molar-refractivity contribution in [1.82, 2.24) is 5.32 Å². The Bertz CT molecular complexity index is 484. The van der Waals surface area contributed by atoms with Gasteiger partial charge in [0.05, 0.1) is 0 Å². The second kappa shape index (κ2) is 10.6. The van der Waals surface area contributed by atoms with E-state index in [4.69, 9.17) is 0 Å². The molecule has 0 aliphatic heterocycles. The predicted octanol–water partition coefficient (Wildman–Crippen LogP) is 4.37. The van der Waals surface area contributed by atoms with Crippen LogP contribution in [-0.4, -0.2) is 18.5 Å². The van der Waals surface area contributed by atoms with Gasteiger partial charge < -0.3 is 16.0 Å². The molecule has 0 heterocycles. The fourth-order valence-electron chi connectivity index (χ4n) is 2.25. The third-order valence-corrected chi connectivity index (χ3v) is 3.46. The summed E-state index contributed by atoms with van der Waals surface area (Å²) < 4.78 is 0. The average molecular weight is 319 g/mol. The van der Waals surface area contributed by atoms with Gasteiger partial charge >= 0.3 is 6.03 Å². The first-order chi connectivity index (χ1) is 11.0. The Morgan fingerprint density at radius 3 is 2.04 bits per heavy atom. The number of nitrogens with one attached hydrogen (secondary N) is 3. The van der Waals surface area contributed by atoms with Gasteiger partial charge in [-0.15, -0.1) is 0 Å². The van der Waals surface area contributed by atoms with Crippen molar-refractivity contribution >= 4 is 23.3 Å². The fourth-order valence-corrected chi connectivity index (χ4v) is 2.25. The lowest BCUT2D eigenvalue weighted by Crippen LogP contribution is -2.29.